The van der Waals surface area contributed by atoms with E-state index in [1.165, 1.54) is 6.20 Å². The van der Waals surface area contributed by atoms with Crippen molar-refractivity contribution < 1.29 is 14.7 Å². The van der Waals surface area contributed by atoms with Gasteiger partial charge in [-0.3, -0.25) is 9.78 Å². The van der Waals surface area contributed by atoms with Crippen molar-refractivity contribution in [3.8, 4) is 0 Å². The summed E-state index contributed by atoms with van der Waals surface area (Å²) < 4.78 is 0. The number of nitrogens with one attached hydrogen (secondary N) is 1. The van der Waals surface area contributed by atoms with Crippen molar-refractivity contribution in [3.05, 3.63) is 78.1 Å². The molecule has 0 spiro atoms. The van der Waals surface area contributed by atoms with Crippen molar-refractivity contribution in [2.75, 3.05) is 0 Å². The lowest BCUT2D eigenvalue weighted by atomic mass is 10.0. The number of carbonyl (C=O) groups excluding carboxylic acids is 1. The Labute approximate surface area is 139 Å². The van der Waals surface area contributed by atoms with Gasteiger partial charge >= 0.3 is 5.97 Å². The molecule has 3 rings (SSSR count). The summed E-state index contributed by atoms with van der Waals surface area (Å²) in [5.41, 5.74) is 1.05. The Morgan fingerprint density at radius 1 is 1.00 bits per heavy atom. The van der Waals surface area contributed by atoms with Gasteiger partial charge in [-0.2, -0.15) is 0 Å². The molecule has 0 saturated heterocycles. The van der Waals surface area contributed by atoms with Crippen molar-refractivity contribution in [3.63, 3.8) is 0 Å². The number of fused-ring (bicyclic) bond motifs is 1. The van der Waals surface area contributed by atoms with E-state index in [2.05, 4.69) is 10.3 Å². The Kier molecular flexibility index (Phi) is 4.52. The Hall–Kier alpha value is -3.21. The van der Waals surface area contributed by atoms with Crippen LogP contribution in [0.4, 0.5) is 0 Å². The van der Waals surface area contributed by atoms with Crippen LogP contribution >= 0.6 is 0 Å². The van der Waals surface area contributed by atoms with Crippen LogP contribution in [0.1, 0.15) is 16.1 Å². The number of amides is 1. The van der Waals surface area contributed by atoms with Crippen molar-refractivity contribution in [1.29, 1.82) is 0 Å². The maximum Gasteiger partial charge on any atom is 0.326 e. The number of aliphatic carboxylic acids is 1. The molecule has 2 aromatic carbocycles. The first-order valence-corrected chi connectivity index (χ1v) is 7.56. The van der Waals surface area contributed by atoms with Crippen LogP contribution < -0.4 is 5.32 Å². The van der Waals surface area contributed by atoms with Gasteiger partial charge in [0.15, 0.2) is 0 Å². The van der Waals surface area contributed by atoms with Gasteiger partial charge in [-0.15, -0.1) is 0 Å². The average Bonchev–Trinajstić information content (AvgIpc) is 2.61. The second-order valence-electron chi connectivity index (χ2n) is 5.46. The van der Waals surface area contributed by atoms with E-state index in [4.69, 9.17) is 0 Å². The summed E-state index contributed by atoms with van der Waals surface area (Å²) in [4.78, 5) is 27.6. The largest absolute Gasteiger partial charge is 0.480 e. The van der Waals surface area contributed by atoms with E-state index in [1.54, 1.807) is 18.2 Å². The number of rotatable bonds is 5. The van der Waals surface area contributed by atoms with Crippen LogP contribution in [0.5, 0.6) is 0 Å². The predicted molar refractivity (Wildman–Crippen MR) is 90.8 cm³/mol. The number of nitrogens with zero attached hydrogens (tertiary/aromatic N) is 1. The van der Waals surface area contributed by atoms with Gasteiger partial charge in [0.2, 0.25) is 0 Å². The van der Waals surface area contributed by atoms with Gasteiger partial charge in [-0.1, -0.05) is 48.5 Å². The number of hydrogen-bond donors (Lipinski definition) is 2. The van der Waals surface area contributed by atoms with E-state index in [-0.39, 0.29) is 12.1 Å². The highest BCUT2D eigenvalue weighted by atomic mass is 16.4. The quantitative estimate of drug-likeness (QED) is 0.757. The number of aromatic nitrogens is 1. The minimum absolute atomic E-state index is 0.197. The van der Waals surface area contributed by atoms with Crippen LogP contribution in [-0.4, -0.2) is 28.0 Å². The molecule has 0 unspecified atom stereocenters. The lowest BCUT2D eigenvalue weighted by Crippen LogP contribution is -2.42. The molecule has 1 amide bonds. The van der Waals surface area contributed by atoms with Crippen molar-refractivity contribution >= 4 is 22.6 Å². The maximum absolute atomic E-state index is 12.1. The number of benzene rings is 2. The van der Waals surface area contributed by atoms with Crippen LogP contribution in [0, 0.1) is 0 Å². The molecule has 0 aliphatic heterocycles. The van der Waals surface area contributed by atoms with E-state index < -0.39 is 17.9 Å². The lowest BCUT2D eigenvalue weighted by molar-refractivity contribution is -0.139. The molecule has 1 atom stereocenters. The topological polar surface area (TPSA) is 79.3 Å². The van der Waals surface area contributed by atoms with Crippen LogP contribution in [-0.2, 0) is 11.2 Å². The Morgan fingerprint density at radius 3 is 2.46 bits per heavy atom. The van der Waals surface area contributed by atoms with Crippen LogP contribution in [0.25, 0.3) is 10.8 Å². The zero-order valence-corrected chi connectivity index (χ0v) is 12.8. The van der Waals surface area contributed by atoms with Crippen molar-refractivity contribution in [2.45, 2.75) is 12.5 Å². The first-order valence-electron chi connectivity index (χ1n) is 7.56. The minimum atomic E-state index is -1.08. The zero-order chi connectivity index (χ0) is 16.9. The van der Waals surface area contributed by atoms with Gasteiger partial charge in [0.1, 0.15) is 11.7 Å². The maximum atomic E-state index is 12.1. The van der Waals surface area contributed by atoms with Gasteiger partial charge in [-0.05, 0) is 28.5 Å². The fourth-order valence-electron chi connectivity index (χ4n) is 2.53. The standard InChI is InChI=1S/C19H16N2O3/c22-18(16-7-3-4-10-20-16)21-17(19(23)24)12-13-8-9-14-5-1-2-6-15(14)11-13/h1-11,17H,12H2,(H,21,22)(H,23,24)/t17-/m1/s1. The van der Waals surface area contributed by atoms with E-state index in [1.807, 2.05) is 42.5 Å². The van der Waals surface area contributed by atoms with E-state index >= 15 is 0 Å². The molecule has 0 radical (unpaired) electrons. The number of pyridine rings is 1. The molecule has 1 aromatic heterocycles. The summed E-state index contributed by atoms with van der Waals surface area (Å²) in [5, 5.41) is 14.1. The molecule has 2 N–H and O–H groups in total. The molecule has 1 heterocycles. The summed E-state index contributed by atoms with van der Waals surface area (Å²) in [6.45, 7) is 0. The third-order valence-corrected chi connectivity index (χ3v) is 3.75. The minimum Gasteiger partial charge on any atom is -0.480 e. The molecule has 24 heavy (non-hydrogen) atoms. The SMILES string of the molecule is O=C(N[C@H](Cc1ccc2ccccc2c1)C(=O)O)c1ccccn1. The first-order chi connectivity index (χ1) is 11.6. The van der Waals surface area contributed by atoms with Gasteiger partial charge in [0.25, 0.3) is 5.91 Å². The highest BCUT2D eigenvalue weighted by Gasteiger charge is 2.21. The average molecular weight is 320 g/mol. The van der Waals surface area contributed by atoms with E-state index in [9.17, 15) is 14.7 Å². The van der Waals surface area contributed by atoms with Crippen molar-refractivity contribution in [1.82, 2.24) is 10.3 Å². The molecule has 0 bridgehead atoms. The van der Waals surface area contributed by atoms with Crippen LogP contribution in [0.3, 0.4) is 0 Å². The summed E-state index contributed by atoms with van der Waals surface area (Å²) in [6.07, 6.45) is 1.70. The molecule has 5 nitrogen and oxygen atoms in total. The Morgan fingerprint density at radius 2 is 1.75 bits per heavy atom. The molecule has 3 aromatic rings. The summed E-state index contributed by atoms with van der Waals surface area (Å²) in [7, 11) is 0. The molecule has 5 heteroatoms. The molecule has 0 aliphatic rings. The first kappa shape index (κ1) is 15.7. The molecule has 0 saturated carbocycles. The van der Waals surface area contributed by atoms with E-state index in [0.717, 1.165) is 16.3 Å². The van der Waals surface area contributed by atoms with Gasteiger partial charge < -0.3 is 10.4 Å². The van der Waals surface area contributed by atoms with Gasteiger partial charge in [-0.25, -0.2) is 4.79 Å². The summed E-state index contributed by atoms with van der Waals surface area (Å²) >= 11 is 0. The third kappa shape index (κ3) is 3.57. The second-order valence-corrected chi connectivity index (χ2v) is 5.46. The monoisotopic (exact) mass is 320 g/mol. The Balaban J connectivity index is 1.78. The number of carboxylic acids is 1. The van der Waals surface area contributed by atoms with Gasteiger partial charge in [0, 0.05) is 12.6 Å². The lowest BCUT2D eigenvalue weighted by Gasteiger charge is -2.14. The fourth-order valence-corrected chi connectivity index (χ4v) is 2.53. The Bertz CT molecular complexity index is 878. The van der Waals surface area contributed by atoms with Crippen LogP contribution in [0.2, 0.25) is 0 Å². The molecular formula is C19H16N2O3. The summed E-state index contributed by atoms with van der Waals surface area (Å²) in [6, 6.07) is 17.5. The van der Waals surface area contributed by atoms with Crippen molar-refractivity contribution in [2.24, 2.45) is 0 Å². The molecular weight excluding hydrogens is 304 g/mol. The molecule has 120 valence electrons. The second kappa shape index (κ2) is 6.91. The predicted octanol–water partition coefficient (Wildman–Crippen LogP) is 2.66. The van der Waals surface area contributed by atoms with Crippen LogP contribution in [0.15, 0.2) is 66.9 Å². The van der Waals surface area contributed by atoms with Gasteiger partial charge in [0.05, 0.1) is 0 Å². The number of carbonyl (C=O) groups is 2. The molecule has 0 fully saturated rings. The normalized spacial score (nSPS) is 11.8. The zero-order valence-electron chi connectivity index (χ0n) is 12.8. The van der Waals surface area contributed by atoms with E-state index in [0.29, 0.717) is 0 Å². The highest BCUT2D eigenvalue weighted by molar-refractivity contribution is 5.95. The number of carboxylic acid groups (broad SMARTS) is 1. The fraction of sp³-hybridized carbons (Fsp3) is 0.105. The molecule has 0 aliphatic carbocycles. The third-order valence-electron chi connectivity index (χ3n) is 3.75. The number of hydrogen-bond acceptors (Lipinski definition) is 3. The highest BCUT2D eigenvalue weighted by Crippen LogP contribution is 2.17. The smallest absolute Gasteiger partial charge is 0.326 e. The summed E-state index contributed by atoms with van der Waals surface area (Å²) in [5.74, 6) is -1.57.